The van der Waals surface area contributed by atoms with E-state index in [9.17, 15) is 13.2 Å². The van der Waals surface area contributed by atoms with Crippen LogP contribution in [0.4, 0.5) is 18.9 Å². The largest absolute Gasteiger partial charge is 0.409 e. The average molecular weight is 273 g/mol. The van der Waals surface area contributed by atoms with Crippen LogP contribution in [0, 0.1) is 0 Å². The summed E-state index contributed by atoms with van der Waals surface area (Å²) in [4.78, 5) is 0. The van der Waals surface area contributed by atoms with E-state index in [2.05, 4.69) is 5.32 Å². The average Bonchev–Trinajstić information content (AvgIpc) is 2.18. The van der Waals surface area contributed by atoms with Crippen molar-refractivity contribution in [2.45, 2.75) is 12.2 Å². The Morgan fingerprint density at radius 3 is 2.31 bits per heavy atom. The predicted octanol–water partition coefficient (Wildman–Crippen LogP) is 3.29. The Hall–Kier alpha value is -0.650. The van der Waals surface area contributed by atoms with Gasteiger partial charge in [-0.2, -0.15) is 13.2 Å². The lowest BCUT2D eigenvalue weighted by molar-refractivity contribution is -0.140. The minimum atomic E-state index is -4.40. The molecule has 0 aliphatic rings. The molecule has 0 aliphatic carbocycles. The van der Waals surface area contributed by atoms with Crippen LogP contribution in [0.1, 0.15) is 0 Å². The minimum Gasteiger partial charge on any atom is -0.373 e. The molecule has 0 amide bonds. The van der Waals surface area contributed by atoms with Crippen molar-refractivity contribution in [2.24, 2.45) is 5.73 Å². The number of alkyl halides is 3. The molecule has 2 nitrogen and oxygen atoms in total. The highest BCUT2D eigenvalue weighted by Crippen LogP contribution is 2.28. The molecule has 0 spiro atoms. The van der Waals surface area contributed by atoms with Gasteiger partial charge >= 0.3 is 6.18 Å². The minimum absolute atomic E-state index is 0.185. The molecule has 1 rings (SSSR count). The fourth-order valence-electron chi connectivity index (χ4n) is 1.06. The van der Waals surface area contributed by atoms with Gasteiger partial charge in [0.05, 0.1) is 10.0 Å². The quantitative estimate of drug-likeness (QED) is 0.886. The molecule has 1 aromatic rings. The van der Waals surface area contributed by atoms with Gasteiger partial charge in [-0.3, -0.25) is 0 Å². The maximum absolute atomic E-state index is 12.4. The lowest BCUT2D eigenvalue weighted by Gasteiger charge is -2.21. The molecule has 1 atom stereocenters. The number of nitrogens with two attached hydrogens (primary N) is 1. The van der Waals surface area contributed by atoms with E-state index in [1.54, 1.807) is 0 Å². The number of hydrogen-bond acceptors (Lipinski definition) is 2. The van der Waals surface area contributed by atoms with Crippen molar-refractivity contribution in [2.75, 3.05) is 11.9 Å². The van der Waals surface area contributed by atoms with Crippen molar-refractivity contribution in [3.63, 3.8) is 0 Å². The molecular formula is C9H9Cl2F3N2. The molecule has 0 aromatic heterocycles. The van der Waals surface area contributed by atoms with Gasteiger partial charge in [0.25, 0.3) is 0 Å². The monoisotopic (exact) mass is 272 g/mol. The normalized spacial score (nSPS) is 13.6. The maximum atomic E-state index is 12.4. The first-order valence-corrected chi connectivity index (χ1v) is 5.08. The summed E-state index contributed by atoms with van der Waals surface area (Å²) in [5.41, 5.74) is 5.26. The zero-order chi connectivity index (χ0) is 12.3. The third kappa shape index (κ3) is 3.43. The molecule has 0 heterocycles. The summed E-state index contributed by atoms with van der Waals surface area (Å²) in [6.45, 7) is -0.552. The number of rotatable bonds is 3. The number of hydrogen-bond donors (Lipinski definition) is 2. The van der Waals surface area contributed by atoms with E-state index in [0.29, 0.717) is 0 Å². The van der Waals surface area contributed by atoms with E-state index in [-0.39, 0.29) is 15.7 Å². The summed E-state index contributed by atoms with van der Waals surface area (Å²) in [5, 5.41) is 2.71. The first kappa shape index (κ1) is 13.4. The zero-order valence-electron chi connectivity index (χ0n) is 7.98. The van der Waals surface area contributed by atoms with E-state index < -0.39 is 18.8 Å². The van der Waals surface area contributed by atoms with Crippen molar-refractivity contribution >= 4 is 28.9 Å². The first-order valence-electron chi connectivity index (χ1n) is 4.33. The Bertz CT molecular complexity index is 368. The summed E-state index contributed by atoms with van der Waals surface area (Å²) in [5.74, 6) is 0. The van der Waals surface area contributed by atoms with Crippen LogP contribution >= 0.6 is 23.2 Å². The van der Waals surface area contributed by atoms with Crippen LogP contribution in [0.15, 0.2) is 18.2 Å². The van der Waals surface area contributed by atoms with Gasteiger partial charge in [-0.05, 0) is 18.2 Å². The highest BCUT2D eigenvalue weighted by atomic mass is 35.5. The smallest absolute Gasteiger partial charge is 0.373 e. The molecule has 7 heteroatoms. The van der Waals surface area contributed by atoms with Crippen LogP contribution in [0.2, 0.25) is 10.0 Å². The SMILES string of the molecule is NCC(Nc1ccc(Cl)c(Cl)c1)C(F)(F)F. The van der Waals surface area contributed by atoms with Crippen LogP contribution in [0.3, 0.4) is 0 Å². The van der Waals surface area contributed by atoms with Crippen molar-refractivity contribution in [1.82, 2.24) is 0 Å². The summed E-state index contributed by atoms with van der Waals surface area (Å²) in [6.07, 6.45) is -4.40. The lowest BCUT2D eigenvalue weighted by atomic mass is 10.2. The molecule has 90 valence electrons. The van der Waals surface area contributed by atoms with E-state index >= 15 is 0 Å². The Labute approximate surface area is 101 Å². The summed E-state index contributed by atoms with van der Waals surface area (Å²) in [6, 6.07) is 2.33. The first-order chi connectivity index (χ1) is 7.34. The van der Waals surface area contributed by atoms with Crippen molar-refractivity contribution in [3.8, 4) is 0 Å². The van der Waals surface area contributed by atoms with E-state index in [0.717, 1.165) is 0 Å². The maximum Gasteiger partial charge on any atom is 0.409 e. The molecule has 0 aliphatic heterocycles. The van der Waals surface area contributed by atoms with Crippen molar-refractivity contribution in [1.29, 1.82) is 0 Å². The fourth-order valence-corrected chi connectivity index (χ4v) is 1.36. The Kier molecular flexibility index (Phi) is 4.29. The van der Waals surface area contributed by atoms with Crippen molar-refractivity contribution < 1.29 is 13.2 Å². The molecule has 0 bridgehead atoms. The van der Waals surface area contributed by atoms with Gasteiger partial charge in [0, 0.05) is 12.2 Å². The number of halogens is 5. The van der Waals surface area contributed by atoms with Gasteiger partial charge in [-0.1, -0.05) is 23.2 Å². The molecule has 0 radical (unpaired) electrons. The van der Waals surface area contributed by atoms with Crippen LogP contribution in [0.5, 0.6) is 0 Å². The highest BCUT2D eigenvalue weighted by Gasteiger charge is 2.38. The number of nitrogens with one attached hydrogen (secondary N) is 1. The van der Waals surface area contributed by atoms with Crippen LogP contribution < -0.4 is 11.1 Å². The van der Waals surface area contributed by atoms with Gasteiger partial charge in [0.2, 0.25) is 0 Å². The molecule has 16 heavy (non-hydrogen) atoms. The summed E-state index contributed by atoms with van der Waals surface area (Å²) >= 11 is 11.3. The molecule has 3 N–H and O–H groups in total. The summed E-state index contributed by atoms with van der Waals surface area (Å²) in [7, 11) is 0. The van der Waals surface area contributed by atoms with E-state index in [1.165, 1.54) is 18.2 Å². The second-order valence-electron chi connectivity index (χ2n) is 3.10. The van der Waals surface area contributed by atoms with Crippen molar-refractivity contribution in [3.05, 3.63) is 28.2 Å². The number of anilines is 1. The van der Waals surface area contributed by atoms with E-state index in [4.69, 9.17) is 28.9 Å². The molecule has 0 saturated carbocycles. The predicted molar refractivity (Wildman–Crippen MR) is 59.0 cm³/mol. The second-order valence-corrected chi connectivity index (χ2v) is 3.92. The van der Waals surface area contributed by atoms with Gasteiger partial charge in [0.15, 0.2) is 0 Å². The van der Waals surface area contributed by atoms with E-state index in [1.807, 2.05) is 0 Å². The number of benzene rings is 1. The van der Waals surface area contributed by atoms with Crippen LogP contribution in [0.25, 0.3) is 0 Å². The standard InChI is InChI=1S/C9H9Cl2F3N2/c10-6-2-1-5(3-7(6)11)16-8(4-15)9(12,13)14/h1-3,8,16H,4,15H2. The zero-order valence-corrected chi connectivity index (χ0v) is 9.50. The Balaban J connectivity index is 2.83. The molecule has 0 saturated heterocycles. The Morgan fingerprint density at radius 2 is 1.88 bits per heavy atom. The third-order valence-electron chi connectivity index (χ3n) is 1.89. The third-order valence-corrected chi connectivity index (χ3v) is 2.63. The lowest BCUT2D eigenvalue weighted by Crippen LogP contribution is -2.42. The summed E-state index contributed by atoms with van der Waals surface area (Å²) < 4.78 is 37.2. The fraction of sp³-hybridized carbons (Fsp3) is 0.333. The molecule has 1 aromatic carbocycles. The molecule has 0 fully saturated rings. The highest BCUT2D eigenvalue weighted by molar-refractivity contribution is 6.42. The van der Waals surface area contributed by atoms with Gasteiger partial charge in [0.1, 0.15) is 6.04 Å². The van der Waals surface area contributed by atoms with Gasteiger partial charge in [-0.15, -0.1) is 0 Å². The van der Waals surface area contributed by atoms with Gasteiger partial charge < -0.3 is 11.1 Å². The Morgan fingerprint density at radius 1 is 1.25 bits per heavy atom. The molecule has 1 unspecified atom stereocenters. The molecular weight excluding hydrogens is 264 g/mol. The van der Waals surface area contributed by atoms with Gasteiger partial charge in [-0.25, -0.2) is 0 Å². The second kappa shape index (κ2) is 5.12. The topological polar surface area (TPSA) is 38.0 Å². The van der Waals surface area contributed by atoms with Crippen LogP contribution in [-0.4, -0.2) is 18.8 Å². The van der Waals surface area contributed by atoms with Crippen LogP contribution in [-0.2, 0) is 0 Å².